The Morgan fingerprint density at radius 3 is 2.55 bits per heavy atom. The van der Waals surface area contributed by atoms with Gasteiger partial charge in [0, 0.05) is 13.7 Å². The smallest absolute Gasteiger partial charge is 0.330 e. The summed E-state index contributed by atoms with van der Waals surface area (Å²) in [4.78, 5) is 33.5. The van der Waals surface area contributed by atoms with Crippen LogP contribution in [0, 0.1) is 0 Å². The third-order valence-electron chi connectivity index (χ3n) is 3.71. The first-order chi connectivity index (χ1) is 9.46. The van der Waals surface area contributed by atoms with Crippen molar-refractivity contribution in [1.29, 1.82) is 0 Å². The Bertz CT molecular complexity index is 721. The zero-order chi connectivity index (χ0) is 14.9. The zero-order valence-corrected chi connectivity index (χ0v) is 12.2. The molecule has 0 fully saturated rings. The van der Waals surface area contributed by atoms with Gasteiger partial charge in [-0.3, -0.25) is 14.3 Å². The van der Waals surface area contributed by atoms with Gasteiger partial charge in [0.2, 0.25) is 0 Å². The number of methoxy groups -OCH3 is 1. The van der Waals surface area contributed by atoms with Gasteiger partial charge in [-0.25, -0.2) is 9.78 Å². The molecule has 2 heterocycles. The Morgan fingerprint density at radius 2 is 2.00 bits per heavy atom. The highest BCUT2D eigenvalue weighted by atomic mass is 16.5. The fraction of sp³-hybridized carbons (Fsp3) is 0.615. The number of nitrogens with zero attached hydrogens (tertiary/aromatic N) is 2. The summed E-state index contributed by atoms with van der Waals surface area (Å²) in [5.41, 5.74) is -0.806. The molecule has 2 rings (SSSR count). The van der Waals surface area contributed by atoms with E-state index in [4.69, 9.17) is 4.74 Å². The molecule has 0 amide bonds. The standard InChI is InChI=1S/C13H20N4O3/c1-5-7-17-9-8(10(18)16-12(17)19)14-11(15-9)13(3,6-2)20-4/h5-7H2,1-4H3,(H,14,15)(H,16,18,19). The number of rotatable bonds is 5. The van der Waals surface area contributed by atoms with E-state index in [0.717, 1.165) is 6.42 Å². The van der Waals surface area contributed by atoms with Crippen LogP contribution in [0.15, 0.2) is 9.59 Å². The normalized spacial score (nSPS) is 14.6. The minimum Gasteiger partial charge on any atom is -0.371 e. The summed E-state index contributed by atoms with van der Waals surface area (Å²) in [6.07, 6.45) is 1.47. The van der Waals surface area contributed by atoms with E-state index in [1.165, 1.54) is 4.57 Å². The maximum atomic E-state index is 11.9. The summed E-state index contributed by atoms with van der Waals surface area (Å²) < 4.78 is 6.95. The molecule has 0 saturated heterocycles. The molecule has 20 heavy (non-hydrogen) atoms. The lowest BCUT2D eigenvalue weighted by molar-refractivity contribution is -0.00807. The van der Waals surface area contributed by atoms with Gasteiger partial charge in [-0.05, 0) is 19.8 Å². The number of aromatic amines is 2. The lowest BCUT2D eigenvalue weighted by atomic mass is 10.0. The maximum absolute atomic E-state index is 11.9. The van der Waals surface area contributed by atoms with Gasteiger partial charge >= 0.3 is 5.69 Å². The minimum atomic E-state index is -0.613. The van der Waals surface area contributed by atoms with Gasteiger partial charge in [-0.15, -0.1) is 0 Å². The maximum Gasteiger partial charge on any atom is 0.330 e. The van der Waals surface area contributed by atoms with E-state index in [1.807, 2.05) is 20.8 Å². The van der Waals surface area contributed by atoms with Crippen LogP contribution in [0.3, 0.4) is 0 Å². The van der Waals surface area contributed by atoms with Gasteiger partial charge in [-0.1, -0.05) is 13.8 Å². The molecule has 0 saturated carbocycles. The van der Waals surface area contributed by atoms with Crippen molar-refractivity contribution in [2.75, 3.05) is 7.11 Å². The Morgan fingerprint density at radius 1 is 1.30 bits per heavy atom. The van der Waals surface area contributed by atoms with E-state index in [0.29, 0.717) is 30.0 Å². The van der Waals surface area contributed by atoms with Crippen molar-refractivity contribution in [1.82, 2.24) is 19.5 Å². The fourth-order valence-corrected chi connectivity index (χ4v) is 2.13. The number of fused-ring (bicyclic) bond motifs is 1. The Kier molecular flexibility index (Phi) is 3.80. The Labute approximate surface area is 116 Å². The highest BCUT2D eigenvalue weighted by Gasteiger charge is 2.29. The molecule has 2 aromatic rings. The van der Waals surface area contributed by atoms with Crippen LogP contribution in [-0.4, -0.2) is 26.6 Å². The van der Waals surface area contributed by atoms with E-state index < -0.39 is 16.9 Å². The largest absolute Gasteiger partial charge is 0.371 e. The molecule has 0 spiro atoms. The van der Waals surface area contributed by atoms with Gasteiger partial charge in [0.15, 0.2) is 5.65 Å². The predicted molar refractivity (Wildman–Crippen MR) is 75.9 cm³/mol. The van der Waals surface area contributed by atoms with Crippen molar-refractivity contribution in [3.63, 3.8) is 0 Å². The number of hydrogen-bond donors (Lipinski definition) is 2. The molecular weight excluding hydrogens is 260 g/mol. The Balaban J connectivity index is 2.76. The molecule has 0 aliphatic heterocycles. The highest BCUT2D eigenvalue weighted by molar-refractivity contribution is 5.69. The molecule has 110 valence electrons. The molecule has 0 aliphatic carbocycles. The predicted octanol–water partition coefficient (Wildman–Crippen LogP) is 1.09. The number of imidazole rings is 1. The van der Waals surface area contributed by atoms with Gasteiger partial charge in [0.25, 0.3) is 5.56 Å². The molecular formula is C13H20N4O3. The first kappa shape index (κ1) is 14.5. The van der Waals surface area contributed by atoms with Crippen molar-refractivity contribution in [2.45, 2.75) is 45.8 Å². The van der Waals surface area contributed by atoms with Crippen LogP contribution >= 0.6 is 0 Å². The molecule has 0 radical (unpaired) electrons. The highest BCUT2D eigenvalue weighted by Crippen LogP contribution is 2.26. The van der Waals surface area contributed by atoms with Crippen LogP contribution in [0.2, 0.25) is 0 Å². The minimum absolute atomic E-state index is 0.310. The van der Waals surface area contributed by atoms with Gasteiger partial charge in [-0.2, -0.15) is 0 Å². The average molecular weight is 280 g/mol. The number of aryl methyl sites for hydroxylation is 1. The lowest BCUT2D eigenvalue weighted by Crippen LogP contribution is -2.30. The number of ether oxygens (including phenoxy) is 1. The van der Waals surface area contributed by atoms with E-state index in [-0.39, 0.29) is 0 Å². The summed E-state index contributed by atoms with van der Waals surface area (Å²) >= 11 is 0. The first-order valence-corrected chi connectivity index (χ1v) is 6.75. The summed E-state index contributed by atoms with van der Waals surface area (Å²) in [6, 6.07) is 0. The summed E-state index contributed by atoms with van der Waals surface area (Å²) in [5, 5.41) is 0. The monoisotopic (exact) mass is 280 g/mol. The summed E-state index contributed by atoms with van der Waals surface area (Å²) in [5.74, 6) is 0.554. The second-order valence-corrected chi connectivity index (χ2v) is 4.98. The van der Waals surface area contributed by atoms with Crippen molar-refractivity contribution in [2.24, 2.45) is 0 Å². The van der Waals surface area contributed by atoms with Crippen LogP contribution in [0.4, 0.5) is 0 Å². The van der Waals surface area contributed by atoms with E-state index >= 15 is 0 Å². The summed E-state index contributed by atoms with van der Waals surface area (Å²) in [7, 11) is 1.60. The number of H-pyrrole nitrogens is 2. The molecule has 7 heteroatoms. The quantitative estimate of drug-likeness (QED) is 0.857. The fourth-order valence-electron chi connectivity index (χ4n) is 2.13. The molecule has 1 unspecified atom stereocenters. The van der Waals surface area contributed by atoms with Gasteiger partial charge < -0.3 is 9.72 Å². The summed E-state index contributed by atoms with van der Waals surface area (Å²) in [6.45, 7) is 6.33. The molecule has 7 nitrogen and oxygen atoms in total. The topological polar surface area (TPSA) is 92.8 Å². The van der Waals surface area contributed by atoms with Gasteiger partial charge in [0.05, 0.1) is 0 Å². The van der Waals surface area contributed by atoms with Crippen LogP contribution < -0.4 is 11.2 Å². The SMILES string of the molecule is CCCn1c(=O)[nH]c(=O)c2[nH]c(C(C)(CC)OC)nc21. The molecule has 2 N–H and O–H groups in total. The molecule has 2 aromatic heterocycles. The zero-order valence-electron chi connectivity index (χ0n) is 12.2. The number of nitrogens with one attached hydrogen (secondary N) is 2. The second kappa shape index (κ2) is 5.24. The van der Waals surface area contributed by atoms with Crippen LogP contribution in [0.1, 0.15) is 39.4 Å². The molecule has 1 atom stereocenters. The third kappa shape index (κ3) is 2.18. The molecule has 0 aliphatic rings. The van der Waals surface area contributed by atoms with Crippen LogP contribution in [0.25, 0.3) is 11.2 Å². The number of hydrogen-bond acceptors (Lipinski definition) is 4. The Hall–Kier alpha value is -1.89. The van der Waals surface area contributed by atoms with Crippen molar-refractivity contribution < 1.29 is 4.74 Å². The lowest BCUT2D eigenvalue weighted by Gasteiger charge is -2.23. The second-order valence-electron chi connectivity index (χ2n) is 4.98. The molecule has 0 aromatic carbocycles. The van der Waals surface area contributed by atoms with Crippen molar-refractivity contribution >= 4 is 11.2 Å². The van der Waals surface area contributed by atoms with Crippen molar-refractivity contribution in [3.05, 3.63) is 26.7 Å². The third-order valence-corrected chi connectivity index (χ3v) is 3.71. The van der Waals surface area contributed by atoms with E-state index in [9.17, 15) is 9.59 Å². The average Bonchev–Trinajstić information content (AvgIpc) is 2.88. The van der Waals surface area contributed by atoms with E-state index in [2.05, 4.69) is 15.0 Å². The van der Waals surface area contributed by atoms with Crippen LogP contribution in [-0.2, 0) is 16.9 Å². The number of aromatic nitrogens is 4. The van der Waals surface area contributed by atoms with Gasteiger partial charge in [0.1, 0.15) is 16.9 Å². The van der Waals surface area contributed by atoms with E-state index in [1.54, 1.807) is 7.11 Å². The van der Waals surface area contributed by atoms with Crippen LogP contribution in [0.5, 0.6) is 0 Å². The van der Waals surface area contributed by atoms with Crippen molar-refractivity contribution in [3.8, 4) is 0 Å². The first-order valence-electron chi connectivity index (χ1n) is 6.75. The molecule has 0 bridgehead atoms.